The monoisotopic (exact) mass is 340 g/mol. The number of nitrogens with zero attached hydrogens (tertiary/aromatic N) is 3. The molecule has 4 rings (SSSR count). The van der Waals surface area contributed by atoms with Crippen molar-refractivity contribution in [3.05, 3.63) is 47.1 Å². The first kappa shape index (κ1) is 16.3. The molecule has 0 radical (unpaired) electrons. The Labute approximate surface area is 147 Å². The number of carbonyl (C=O) groups excluding carboxylic acids is 1. The molecule has 1 saturated carbocycles. The number of hydrogen-bond donors (Lipinski definition) is 1. The van der Waals surface area contributed by atoms with Crippen molar-refractivity contribution in [2.75, 3.05) is 0 Å². The molecule has 1 saturated heterocycles. The van der Waals surface area contributed by atoms with Gasteiger partial charge in [-0.25, -0.2) is 0 Å². The maximum absolute atomic E-state index is 12.4. The van der Waals surface area contributed by atoms with Crippen molar-refractivity contribution in [1.29, 1.82) is 0 Å². The van der Waals surface area contributed by atoms with E-state index in [9.17, 15) is 4.79 Å². The third-order valence-electron chi connectivity index (χ3n) is 5.47. The second kappa shape index (κ2) is 6.26. The first-order valence-electron chi connectivity index (χ1n) is 9.03. The Morgan fingerprint density at radius 3 is 2.72 bits per heavy atom. The Morgan fingerprint density at radius 1 is 1.28 bits per heavy atom. The number of hydrogen-bond acceptors (Lipinski definition) is 5. The lowest BCUT2D eigenvalue weighted by molar-refractivity contribution is -0.129. The minimum atomic E-state index is -0.466. The molecule has 1 amide bonds. The van der Waals surface area contributed by atoms with E-state index in [1.165, 1.54) is 5.56 Å². The molecule has 6 nitrogen and oxygen atoms in total. The number of likely N-dealkylation sites (tertiary alicyclic amines) is 1. The van der Waals surface area contributed by atoms with Gasteiger partial charge in [-0.05, 0) is 31.7 Å². The van der Waals surface area contributed by atoms with Crippen LogP contribution in [0.1, 0.15) is 67.4 Å². The van der Waals surface area contributed by atoms with Crippen LogP contribution in [0.15, 0.2) is 28.8 Å². The number of carbonyl (C=O) groups is 1. The van der Waals surface area contributed by atoms with Crippen molar-refractivity contribution in [2.45, 2.75) is 63.6 Å². The SMILES string of the molecule is Cc1ccc(CN2C(=O)CCC2c2nc(C3(N)CCCC3)no2)cc1. The lowest BCUT2D eigenvalue weighted by Gasteiger charge is -2.22. The van der Waals surface area contributed by atoms with Gasteiger partial charge in [-0.2, -0.15) is 4.98 Å². The summed E-state index contributed by atoms with van der Waals surface area (Å²) in [7, 11) is 0. The highest BCUT2D eigenvalue weighted by atomic mass is 16.5. The van der Waals surface area contributed by atoms with Crippen LogP contribution in [-0.4, -0.2) is 20.9 Å². The molecule has 1 aliphatic heterocycles. The van der Waals surface area contributed by atoms with Crippen molar-refractivity contribution >= 4 is 5.91 Å². The van der Waals surface area contributed by atoms with Gasteiger partial charge in [0.25, 0.3) is 0 Å². The Bertz CT molecular complexity index is 762. The predicted molar refractivity (Wildman–Crippen MR) is 92.3 cm³/mol. The predicted octanol–water partition coefficient (Wildman–Crippen LogP) is 2.97. The highest BCUT2D eigenvalue weighted by Crippen LogP contribution is 2.37. The normalized spacial score (nSPS) is 22.7. The first-order chi connectivity index (χ1) is 12.0. The highest BCUT2D eigenvalue weighted by molar-refractivity contribution is 5.78. The fourth-order valence-electron chi connectivity index (χ4n) is 3.88. The molecule has 25 heavy (non-hydrogen) atoms. The van der Waals surface area contributed by atoms with Crippen molar-refractivity contribution in [2.24, 2.45) is 5.73 Å². The molecular weight excluding hydrogens is 316 g/mol. The summed E-state index contributed by atoms with van der Waals surface area (Å²) in [6.07, 6.45) is 5.21. The summed E-state index contributed by atoms with van der Waals surface area (Å²) in [5.74, 6) is 1.24. The first-order valence-corrected chi connectivity index (χ1v) is 9.03. The van der Waals surface area contributed by atoms with Gasteiger partial charge in [-0.3, -0.25) is 4.79 Å². The van der Waals surface area contributed by atoms with Crippen molar-refractivity contribution < 1.29 is 9.32 Å². The van der Waals surface area contributed by atoms with Crippen LogP contribution in [0.2, 0.25) is 0 Å². The molecule has 1 aromatic heterocycles. The van der Waals surface area contributed by atoms with Gasteiger partial charge in [-0.1, -0.05) is 47.8 Å². The Balaban J connectivity index is 1.55. The standard InChI is InChI=1S/C19H24N4O2/c1-13-4-6-14(7-5-13)12-23-15(8-9-16(23)24)17-21-18(22-25-17)19(20)10-2-3-11-19/h4-7,15H,2-3,8-12,20H2,1H3. The van der Waals surface area contributed by atoms with Gasteiger partial charge in [0, 0.05) is 13.0 Å². The fourth-order valence-corrected chi connectivity index (χ4v) is 3.88. The van der Waals surface area contributed by atoms with Crippen molar-refractivity contribution in [3.63, 3.8) is 0 Å². The number of benzene rings is 1. The maximum atomic E-state index is 12.4. The number of nitrogens with two attached hydrogens (primary N) is 1. The molecule has 6 heteroatoms. The summed E-state index contributed by atoms with van der Waals surface area (Å²) in [6, 6.07) is 8.09. The molecule has 2 aliphatic rings. The van der Waals surface area contributed by atoms with E-state index in [0.717, 1.165) is 31.2 Å². The van der Waals surface area contributed by atoms with Crippen LogP contribution in [0, 0.1) is 6.92 Å². The van der Waals surface area contributed by atoms with E-state index in [-0.39, 0.29) is 11.9 Å². The fraction of sp³-hybridized carbons (Fsp3) is 0.526. The summed E-state index contributed by atoms with van der Waals surface area (Å²) in [6.45, 7) is 2.62. The molecule has 2 heterocycles. The molecule has 1 aromatic carbocycles. The van der Waals surface area contributed by atoms with E-state index < -0.39 is 5.54 Å². The quantitative estimate of drug-likeness (QED) is 0.925. The van der Waals surface area contributed by atoms with Crippen molar-refractivity contribution in [3.8, 4) is 0 Å². The van der Waals surface area contributed by atoms with Crippen LogP contribution >= 0.6 is 0 Å². The minimum absolute atomic E-state index is 0.133. The van der Waals surface area contributed by atoms with Crippen LogP contribution in [-0.2, 0) is 16.9 Å². The van der Waals surface area contributed by atoms with Gasteiger partial charge in [0.1, 0.15) is 6.04 Å². The lowest BCUT2D eigenvalue weighted by atomic mass is 9.98. The maximum Gasteiger partial charge on any atom is 0.249 e. The van der Waals surface area contributed by atoms with Gasteiger partial charge in [0.15, 0.2) is 5.82 Å². The lowest BCUT2D eigenvalue weighted by Crippen LogP contribution is -2.34. The number of aryl methyl sites for hydroxylation is 1. The minimum Gasteiger partial charge on any atom is -0.337 e. The molecule has 2 aromatic rings. The number of rotatable bonds is 4. The molecule has 2 N–H and O–H groups in total. The van der Waals surface area contributed by atoms with Gasteiger partial charge in [0.05, 0.1) is 5.54 Å². The van der Waals surface area contributed by atoms with Crippen LogP contribution in [0.3, 0.4) is 0 Å². The molecule has 1 unspecified atom stereocenters. The van der Waals surface area contributed by atoms with Gasteiger partial charge in [-0.15, -0.1) is 0 Å². The molecule has 132 valence electrons. The molecule has 0 spiro atoms. The second-order valence-corrected chi connectivity index (χ2v) is 7.38. The Hall–Kier alpha value is -2.21. The number of amides is 1. The molecule has 2 fully saturated rings. The van der Waals surface area contributed by atoms with Crippen LogP contribution in [0.4, 0.5) is 0 Å². The molecular formula is C19H24N4O2. The van der Waals surface area contributed by atoms with E-state index in [1.807, 2.05) is 4.90 Å². The largest absolute Gasteiger partial charge is 0.337 e. The summed E-state index contributed by atoms with van der Waals surface area (Å²) in [5, 5.41) is 4.14. The van der Waals surface area contributed by atoms with E-state index >= 15 is 0 Å². The summed E-state index contributed by atoms with van der Waals surface area (Å²) in [4.78, 5) is 18.8. The zero-order chi connectivity index (χ0) is 17.4. The summed E-state index contributed by atoms with van der Waals surface area (Å²) >= 11 is 0. The van der Waals surface area contributed by atoms with Gasteiger partial charge >= 0.3 is 0 Å². The van der Waals surface area contributed by atoms with Crippen molar-refractivity contribution in [1.82, 2.24) is 15.0 Å². The molecule has 1 aliphatic carbocycles. The van der Waals surface area contributed by atoms with Gasteiger partial charge in [0.2, 0.25) is 11.8 Å². The van der Waals surface area contributed by atoms with E-state index in [0.29, 0.717) is 31.1 Å². The van der Waals surface area contributed by atoms with Crippen LogP contribution in [0.25, 0.3) is 0 Å². The topological polar surface area (TPSA) is 85.2 Å². The highest BCUT2D eigenvalue weighted by Gasteiger charge is 2.40. The van der Waals surface area contributed by atoms with Crippen LogP contribution < -0.4 is 5.73 Å². The van der Waals surface area contributed by atoms with E-state index in [4.69, 9.17) is 10.3 Å². The third-order valence-corrected chi connectivity index (χ3v) is 5.47. The molecule has 0 bridgehead atoms. The third kappa shape index (κ3) is 3.06. The number of aromatic nitrogens is 2. The average molecular weight is 340 g/mol. The van der Waals surface area contributed by atoms with E-state index in [2.05, 4.69) is 41.3 Å². The Morgan fingerprint density at radius 2 is 2.00 bits per heavy atom. The second-order valence-electron chi connectivity index (χ2n) is 7.38. The average Bonchev–Trinajstić information content (AvgIpc) is 3.32. The molecule has 1 atom stereocenters. The summed E-state index contributed by atoms with van der Waals surface area (Å²) < 4.78 is 5.53. The van der Waals surface area contributed by atoms with E-state index in [1.54, 1.807) is 0 Å². The zero-order valence-corrected chi connectivity index (χ0v) is 14.6. The van der Waals surface area contributed by atoms with Crippen LogP contribution in [0.5, 0.6) is 0 Å². The zero-order valence-electron chi connectivity index (χ0n) is 14.6. The summed E-state index contributed by atoms with van der Waals surface area (Å²) in [5.41, 5.74) is 8.28. The van der Waals surface area contributed by atoms with Gasteiger partial charge < -0.3 is 15.2 Å². The Kier molecular flexibility index (Phi) is 4.07. The smallest absolute Gasteiger partial charge is 0.249 e.